The highest BCUT2D eigenvalue weighted by Gasteiger charge is 2.27. The highest BCUT2D eigenvalue weighted by atomic mass is 35.5. The lowest BCUT2D eigenvalue weighted by Gasteiger charge is -2.14. The van der Waals surface area contributed by atoms with E-state index in [4.69, 9.17) is 28.3 Å². The molecule has 1 aromatic carbocycles. The van der Waals surface area contributed by atoms with E-state index in [1.54, 1.807) is 6.07 Å². The van der Waals surface area contributed by atoms with Crippen LogP contribution in [0.25, 0.3) is 5.69 Å². The van der Waals surface area contributed by atoms with Crippen molar-refractivity contribution in [3.8, 4) is 5.69 Å². The molecule has 1 aliphatic rings. The first-order valence-corrected chi connectivity index (χ1v) is 9.06. The van der Waals surface area contributed by atoms with Crippen molar-refractivity contribution in [2.24, 2.45) is 0 Å². The van der Waals surface area contributed by atoms with Gasteiger partial charge in [-0.1, -0.05) is 36.0 Å². The zero-order valence-electron chi connectivity index (χ0n) is 13.3. The van der Waals surface area contributed by atoms with E-state index in [0.717, 1.165) is 44.2 Å². The van der Waals surface area contributed by atoms with Crippen LogP contribution in [0.4, 0.5) is 0 Å². The van der Waals surface area contributed by atoms with E-state index in [1.807, 2.05) is 23.0 Å². The average Bonchev–Trinajstić information content (AvgIpc) is 3.12. The summed E-state index contributed by atoms with van der Waals surface area (Å²) in [5.41, 5.74) is 3.51. The first-order valence-electron chi connectivity index (χ1n) is 8.30. The number of carboxylic acids is 1. The molecule has 1 N–H and O–H groups in total. The molecule has 0 aliphatic heterocycles. The van der Waals surface area contributed by atoms with Crippen molar-refractivity contribution in [2.75, 3.05) is 0 Å². The summed E-state index contributed by atoms with van der Waals surface area (Å²) in [6.07, 6.45) is 8.22. The molecule has 1 aromatic heterocycles. The van der Waals surface area contributed by atoms with Crippen LogP contribution in [0.3, 0.4) is 0 Å². The molecule has 0 amide bonds. The number of aliphatic carboxylic acids is 1. The first kappa shape index (κ1) is 17.3. The van der Waals surface area contributed by atoms with Crippen molar-refractivity contribution in [3.05, 3.63) is 45.7 Å². The van der Waals surface area contributed by atoms with Gasteiger partial charge in [-0.15, -0.1) is 0 Å². The van der Waals surface area contributed by atoms with E-state index >= 15 is 0 Å². The second-order valence-electron chi connectivity index (χ2n) is 6.29. The summed E-state index contributed by atoms with van der Waals surface area (Å²) < 4.78 is 1.98. The molecule has 1 atom stereocenters. The van der Waals surface area contributed by atoms with E-state index in [2.05, 4.69) is 5.10 Å². The van der Waals surface area contributed by atoms with Gasteiger partial charge in [-0.25, -0.2) is 4.68 Å². The summed E-state index contributed by atoms with van der Waals surface area (Å²) >= 11 is 12.1. The molecular weight excluding hydrogens is 347 g/mol. The Morgan fingerprint density at radius 3 is 2.83 bits per heavy atom. The van der Waals surface area contributed by atoms with Gasteiger partial charge in [-0.05, 0) is 49.4 Å². The number of halogens is 2. The van der Waals surface area contributed by atoms with Gasteiger partial charge >= 0.3 is 5.97 Å². The minimum atomic E-state index is -0.712. The van der Waals surface area contributed by atoms with Gasteiger partial charge in [-0.3, -0.25) is 4.79 Å². The summed E-state index contributed by atoms with van der Waals surface area (Å²) in [6.45, 7) is 0. The molecule has 0 spiro atoms. The van der Waals surface area contributed by atoms with Crippen LogP contribution in [0.2, 0.25) is 10.0 Å². The molecule has 1 heterocycles. The van der Waals surface area contributed by atoms with Crippen molar-refractivity contribution >= 4 is 29.2 Å². The molecule has 1 unspecified atom stereocenters. The molecule has 4 nitrogen and oxygen atoms in total. The first-order chi connectivity index (χ1) is 11.6. The average molecular weight is 367 g/mol. The second-order valence-corrected chi connectivity index (χ2v) is 7.11. The van der Waals surface area contributed by atoms with Gasteiger partial charge in [-0.2, -0.15) is 5.10 Å². The molecule has 0 radical (unpaired) electrons. The van der Waals surface area contributed by atoms with Gasteiger partial charge in [0.2, 0.25) is 0 Å². The fourth-order valence-corrected chi connectivity index (χ4v) is 3.73. The number of carboxylic acid groups (broad SMARTS) is 1. The predicted molar refractivity (Wildman–Crippen MR) is 95.4 cm³/mol. The molecule has 24 heavy (non-hydrogen) atoms. The van der Waals surface area contributed by atoms with Crippen molar-refractivity contribution in [1.82, 2.24) is 9.78 Å². The topological polar surface area (TPSA) is 55.1 Å². The predicted octanol–water partition coefficient (Wildman–Crippen LogP) is 5.24. The van der Waals surface area contributed by atoms with Crippen molar-refractivity contribution in [2.45, 2.75) is 50.9 Å². The molecule has 3 rings (SSSR count). The van der Waals surface area contributed by atoms with Crippen LogP contribution in [-0.2, 0) is 11.2 Å². The summed E-state index contributed by atoms with van der Waals surface area (Å²) in [5, 5.41) is 14.3. The van der Waals surface area contributed by atoms with Crippen LogP contribution in [0.15, 0.2) is 24.4 Å². The number of hydrogen-bond donors (Lipinski definition) is 1. The van der Waals surface area contributed by atoms with Gasteiger partial charge in [0.05, 0.1) is 27.6 Å². The zero-order valence-corrected chi connectivity index (χ0v) is 14.9. The molecular formula is C18H20Cl2N2O2. The Bertz CT molecular complexity index is 743. The molecule has 0 fully saturated rings. The van der Waals surface area contributed by atoms with Crippen LogP contribution in [-0.4, -0.2) is 20.9 Å². The Hall–Kier alpha value is -1.52. The standard InChI is InChI=1S/C18H20Cl2N2O2/c19-15-9-8-14(10-16(15)20)22-18-12(6-7-13(18)11-21-22)4-2-1-3-5-17(23)24/h8-12H,1-7H2,(H,23,24). The Morgan fingerprint density at radius 1 is 1.25 bits per heavy atom. The molecule has 0 saturated carbocycles. The quantitative estimate of drug-likeness (QED) is 0.681. The van der Waals surface area contributed by atoms with Crippen molar-refractivity contribution in [1.29, 1.82) is 0 Å². The third-order valence-electron chi connectivity index (χ3n) is 4.63. The number of aromatic nitrogens is 2. The van der Waals surface area contributed by atoms with Crippen LogP contribution in [0, 0.1) is 0 Å². The summed E-state index contributed by atoms with van der Waals surface area (Å²) in [5.74, 6) is -0.238. The van der Waals surface area contributed by atoms with Gasteiger partial charge in [0.25, 0.3) is 0 Å². The highest BCUT2D eigenvalue weighted by Crippen LogP contribution is 2.38. The number of carbonyl (C=O) groups is 1. The third kappa shape index (κ3) is 3.76. The van der Waals surface area contributed by atoms with Gasteiger partial charge in [0.1, 0.15) is 0 Å². The lowest BCUT2D eigenvalue weighted by Crippen LogP contribution is -2.06. The van der Waals surface area contributed by atoms with Crippen LogP contribution in [0.5, 0.6) is 0 Å². The fourth-order valence-electron chi connectivity index (χ4n) is 3.43. The number of aryl methyl sites for hydroxylation is 1. The van der Waals surface area contributed by atoms with Gasteiger partial charge in [0.15, 0.2) is 0 Å². The van der Waals surface area contributed by atoms with E-state index < -0.39 is 5.97 Å². The lowest BCUT2D eigenvalue weighted by molar-refractivity contribution is -0.137. The van der Waals surface area contributed by atoms with Gasteiger partial charge in [0, 0.05) is 12.3 Å². The minimum Gasteiger partial charge on any atom is -0.481 e. The molecule has 0 bridgehead atoms. The maximum absolute atomic E-state index is 10.6. The Kier molecular flexibility index (Phi) is 5.47. The number of rotatable bonds is 7. The monoisotopic (exact) mass is 366 g/mol. The third-order valence-corrected chi connectivity index (χ3v) is 5.37. The Morgan fingerprint density at radius 2 is 2.08 bits per heavy atom. The SMILES string of the molecule is O=C(O)CCCCCC1CCc2cnn(-c3ccc(Cl)c(Cl)c3)c21. The smallest absolute Gasteiger partial charge is 0.303 e. The molecule has 128 valence electrons. The van der Waals surface area contributed by atoms with E-state index in [0.29, 0.717) is 16.0 Å². The van der Waals surface area contributed by atoms with Crippen LogP contribution < -0.4 is 0 Å². The summed E-state index contributed by atoms with van der Waals surface area (Å²) in [7, 11) is 0. The highest BCUT2D eigenvalue weighted by molar-refractivity contribution is 6.42. The Balaban J connectivity index is 1.70. The molecule has 0 saturated heterocycles. The normalized spacial score (nSPS) is 16.3. The van der Waals surface area contributed by atoms with Crippen molar-refractivity contribution in [3.63, 3.8) is 0 Å². The molecule has 1 aliphatic carbocycles. The number of fused-ring (bicyclic) bond motifs is 1. The maximum atomic E-state index is 10.6. The van der Waals surface area contributed by atoms with E-state index in [-0.39, 0.29) is 6.42 Å². The van der Waals surface area contributed by atoms with E-state index in [1.165, 1.54) is 11.3 Å². The number of benzene rings is 1. The zero-order chi connectivity index (χ0) is 17.1. The number of nitrogens with zero attached hydrogens (tertiary/aromatic N) is 2. The minimum absolute atomic E-state index is 0.261. The molecule has 2 aromatic rings. The fraction of sp³-hybridized carbons (Fsp3) is 0.444. The summed E-state index contributed by atoms with van der Waals surface area (Å²) in [6, 6.07) is 5.58. The largest absolute Gasteiger partial charge is 0.481 e. The Labute approximate surface area is 151 Å². The second kappa shape index (κ2) is 7.58. The lowest BCUT2D eigenvalue weighted by atomic mass is 9.98. The van der Waals surface area contributed by atoms with Crippen LogP contribution >= 0.6 is 23.2 Å². The molecule has 6 heteroatoms. The van der Waals surface area contributed by atoms with Crippen LogP contribution in [0.1, 0.15) is 55.7 Å². The number of hydrogen-bond acceptors (Lipinski definition) is 2. The van der Waals surface area contributed by atoms with E-state index in [9.17, 15) is 4.79 Å². The number of unbranched alkanes of at least 4 members (excludes halogenated alkanes) is 2. The van der Waals surface area contributed by atoms with Gasteiger partial charge < -0.3 is 5.11 Å². The summed E-state index contributed by atoms with van der Waals surface area (Å²) in [4.78, 5) is 10.6. The van der Waals surface area contributed by atoms with Crippen molar-refractivity contribution < 1.29 is 9.90 Å². The maximum Gasteiger partial charge on any atom is 0.303 e.